The van der Waals surface area contributed by atoms with Gasteiger partial charge >= 0.3 is 0 Å². The lowest BCUT2D eigenvalue weighted by Crippen LogP contribution is -2.32. The lowest BCUT2D eigenvalue weighted by atomic mass is 10.0. The van der Waals surface area contributed by atoms with Crippen molar-refractivity contribution >= 4 is 11.1 Å². The largest absolute Gasteiger partial charge is 0.460 e. The van der Waals surface area contributed by atoms with Gasteiger partial charge in [0.15, 0.2) is 5.58 Å². The van der Waals surface area contributed by atoms with Crippen molar-refractivity contribution in [3.63, 3.8) is 0 Å². The van der Waals surface area contributed by atoms with E-state index in [1.54, 1.807) is 0 Å². The van der Waals surface area contributed by atoms with Crippen LogP contribution in [0.3, 0.4) is 0 Å². The van der Waals surface area contributed by atoms with Crippen molar-refractivity contribution in [1.29, 1.82) is 0 Å². The quantitative estimate of drug-likeness (QED) is 0.659. The Hall–Kier alpha value is -2.32. The first-order chi connectivity index (χ1) is 11.7. The normalized spacial score (nSPS) is 27.0. The fraction of sp³-hybridized carbons (Fsp3) is 0.294. The molecule has 0 aliphatic carbocycles. The van der Waals surface area contributed by atoms with Gasteiger partial charge < -0.3 is 24.5 Å². The number of aromatic nitrogens is 2. The molecule has 7 nitrogen and oxygen atoms in total. The molecule has 1 aliphatic heterocycles. The lowest BCUT2D eigenvalue weighted by molar-refractivity contribution is -0.0226. The molecule has 2 aromatic heterocycles. The van der Waals surface area contributed by atoms with Gasteiger partial charge in [0, 0.05) is 11.1 Å². The van der Waals surface area contributed by atoms with E-state index in [2.05, 4.69) is 9.97 Å². The maximum atomic E-state index is 10.2. The highest BCUT2D eigenvalue weighted by atomic mass is 16.6. The maximum Gasteiger partial charge on any atom is 0.178 e. The second-order valence-electron chi connectivity index (χ2n) is 5.72. The van der Waals surface area contributed by atoms with E-state index in [0.29, 0.717) is 22.4 Å². The van der Waals surface area contributed by atoms with E-state index in [0.717, 1.165) is 5.56 Å². The van der Waals surface area contributed by atoms with Gasteiger partial charge in [-0.2, -0.15) is 0 Å². The summed E-state index contributed by atoms with van der Waals surface area (Å²) in [4.78, 5) is 8.53. The number of fused-ring (bicyclic) bond motifs is 1. The molecule has 3 N–H and O–H groups in total. The predicted octanol–water partition coefficient (Wildman–Crippen LogP) is 1.04. The Kier molecular flexibility index (Phi) is 3.78. The number of aliphatic hydroxyl groups excluding tert-OH is 3. The molecule has 124 valence electrons. The van der Waals surface area contributed by atoms with Gasteiger partial charge in [0.05, 0.1) is 12.9 Å². The highest BCUT2D eigenvalue weighted by Gasteiger charge is 2.44. The Bertz CT molecular complexity index is 851. The molecule has 3 aromatic rings. The summed E-state index contributed by atoms with van der Waals surface area (Å²) in [6.45, 7) is -0.380. The minimum Gasteiger partial charge on any atom is -0.460 e. The molecule has 1 aliphatic rings. The number of hydrogen-bond donors (Lipinski definition) is 3. The van der Waals surface area contributed by atoms with E-state index in [9.17, 15) is 15.3 Å². The topological polar surface area (TPSA) is 109 Å². The van der Waals surface area contributed by atoms with Crippen molar-refractivity contribution in [1.82, 2.24) is 9.97 Å². The van der Waals surface area contributed by atoms with E-state index < -0.39 is 24.4 Å². The van der Waals surface area contributed by atoms with Gasteiger partial charge in [-0.3, -0.25) is 0 Å². The lowest BCUT2D eigenvalue weighted by Gasteiger charge is -2.12. The van der Waals surface area contributed by atoms with Crippen LogP contribution in [0.4, 0.5) is 0 Å². The Morgan fingerprint density at radius 2 is 1.83 bits per heavy atom. The second kappa shape index (κ2) is 5.95. The number of furan rings is 1. The first kappa shape index (κ1) is 15.2. The zero-order chi connectivity index (χ0) is 16.7. The molecular formula is C17H16N2O5. The Morgan fingerprint density at radius 3 is 2.54 bits per heavy atom. The molecule has 1 fully saturated rings. The number of hydrogen-bond acceptors (Lipinski definition) is 7. The number of aliphatic hydroxyl groups is 3. The van der Waals surface area contributed by atoms with Crippen molar-refractivity contribution in [3.05, 3.63) is 48.5 Å². The zero-order valence-electron chi connectivity index (χ0n) is 12.6. The fourth-order valence-corrected chi connectivity index (χ4v) is 3.03. The zero-order valence-corrected chi connectivity index (χ0v) is 12.6. The molecule has 4 rings (SSSR count). The van der Waals surface area contributed by atoms with E-state index in [1.165, 1.54) is 12.6 Å². The number of nitrogens with zero attached hydrogens (tertiary/aromatic N) is 2. The van der Waals surface area contributed by atoms with Gasteiger partial charge in [0.1, 0.15) is 42.0 Å². The smallest absolute Gasteiger partial charge is 0.178 e. The number of ether oxygens (including phenoxy) is 1. The second-order valence-corrected chi connectivity index (χ2v) is 5.72. The summed E-state index contributed by atoms with van der Waals surface area (Å²) in [5, 5.41) is 29.4. The van der Waals surface area contributed by atoms with Crippen molar-refractivity contribution in [2.75, 3.05) is 6.61 Å². The summed E-state index contributed by atoms with van der Waals surface area (Å²) in [7, 11) is 0. The molecule has 1 saturated heterocycles. The molecule has 4 atom stereocenters. The van der Waals surface area contributed by atoms with Crippen LogP contribution in [0.5, 0.6) is 0 Å². The van der Waals surface area contributed by atoms with Crippen LogP contribution in [0.15, 0.2) is 47.3 Å². The predicted molar refractivity (Wildman–Crippen MR) is 84.0 cm³/mol. The van der Waals surface area contributed by atoms with Gasteiger partial charge in [0.25, 0.3) is 0 Å². The standard InChI is InChI=1S/C17H16N2O5/c20-6-11-14(21)15(22)16(24-11)10-7-23-17-12(18-8-19-13(10)17)9-4-2-1-3-5-9/h1-5,7-8,11,14-16,20-22H,6H2/t11-,14-,15-,16+/m1/s1. The van der Waals surface area contributed by atoms with Crippen LogP contribution >= 0.6 is 0 Å². The van der Waals surface area contributed by atoms with Crippen LogP contribution in [-0.4, -0.2) is 50.2 Å². The third-order valence-electron chi connectivity index (χ3n) is 4.28. The summed E-state index contributed by atoms with van der Waals surface area (Å²) in [6.07, 6.45) is -1.13. The van der Waals surface area contributed by atoms with Gasteiger partial charge in [0.2, 0.25) is 0 Å². The molecule has 0 unspecified atom stereocenters. The van der Waals surface area contributed by atoms with Crippen LogP contribution in [0, 0.1) is 0 Å². The highest BCUT2D eigenvalue weighted by molar-refractivity contribution is 5.89. The van der Waals surface area contributed by atoms with Crippen molar-refractivity contribution < 1.29 is 24.5 Å². The Morgan fingerprint density at radius 1 is 1.04 bits per heavy atom. The molecule has 24 heavy (non-hydrogen) atoms. The van der Waals surface area contributed by atoms with Gasteiger partial charge in [-0.15, -0.1) is 0 Å². The Labute approximate surface area is 137 Å². The summed E-state index contributed by atoms with van der Waals surface area (Å²) in [6, 6.07) is 9.54. The summed E-state index contributed by atoms with van der Waals surface area (Å²) in [5.74, 6) is 0. The first-order valence-corrected chi connectivity index (χ1v) is 7.60. The van der Waals surface area contributed by atoms with Crippen LogP contribution in [0.2, 0.25) is 0 Å². The van der Waals surface area contributed by atoms with Crippen molar-refractivity contribution in [2.24, 2.45) is 0 Å². The van der Waals surface area contributed by atoms with Crippen molar-refractivity contribution in [3.8, 4) is 11.3 Å². The Balaban J connectivity index is 1.80. The van der Waals surface area contributed by atoms with Gasteiger partial charge in [-0.05, 0) is 0 Å². The minimum atomic E-state index is -1.17. The molecular weight excluding hydrogens is 312 g/mol. The summed E-state index contributed by atoms with van der Waals surface area (Å²) >= 11 is 0. The van der Waals surface area contributed by atoms with Crippen LogP contribution < -0.4 is 0 Å². The maximum absolute atomic E-state index is 10.2. The number of benzene rings is 1. The molecule has 7 heteroatoms. The summed E-state index contributed by atoms with van der Waals surface area (Å²) < 4.78 is 11.2. The van der Waals surface area contributed by atoms with E-state index in [4.69, 9.17) is 9.15 Å². The molecule has 0 spiro atoms. The van der Waals surface area contributed by atoms with E-state index in [-0.39, 0.29) is 6.61 Å². The van der Waals surface area contributed by atoms with Crippen LogP contribution in [-0.2, 0) is 4.74 Å². The van der Waals surface area contributed by atoms with Crippen LogP contribution in [0.25, 0.3) is 22.4 Å². The molecule has 0 amide bonds. The van der Waals surface area contributed by atoms with E-state index >= 15 is 0 Å². The molecule has 1 aromatic carbocycles. The molecule has 0 bridgehead atoms. The van der Waals surface area contributed by atoms with Crippen LogP contribution in [0.1, 0.15) is 11.7 Å². The SMILES string of the molecule is OC[C@H]1O[C@@H](c2coc3c(-c4ccccc4)ncnc23)[C@H](O)[C@@H]1O. The average Bonchev–Trinajstić information content (AvgIpc) is 3.17. The third-order valence-corrected chi connectivity index (χ3v) is 4.28. The molecule has 0 saturated carbocycles. The van der Waals surface area contributed by atoms with E-state index in [1.807, 2.05) is 30.3 Å². The van der Waals surface area contributed by atoms with Gasteiger partial charge in [-0.25, -0.2) is 9.97 Å². The summed E-state index contributed by atoms with van der Waals surface area (Å²) in [5.41, 5.74) is 3.03. The first-order valence-electron chi connectivity index (χ1n) is 7.60. The van der Waals surface area contributed by atoms with Crippen molar-refractivity contribution in [2.45, 2.75) is 24.4 Å². The minimum absolute atomic E-state index is 0.380. The monoisotopic (exact) mass is 328 g/mol. The number of rotatable bonds is 3. The van der Waals surface area contributed by atoms with Gasteiger partial charge in [-0.1, -0.05) is 30.3 Å². The molecule has 3 heterocycles. The molecule has 0 radical (unpaired) electrons. The average molecular weight is 328 g/mol. The fourth-order valence-electron chi connectivity index (χ4n) is 3.03. The highest BCUT2D eigenvalue weighted by Crippen LogP contribution is 2.38. The third kappa shape index (κ3) is 2.30.